The van der Waals surface area contributed by atoms with Gasteiger partial charge in [-0.3, -0.25) is 0 Å². The van der Waals surface area contributed by atoms with Gasteiger partial charge in [0.2, 0.25) is 0 Å². The van der Waals surface area contributed by atoms with E-state index in [0.717, 1.165) is 48.3 Å². The lowest BCUT2D eigenvalue weighted by Crippen LogP contribution is -2.34. The number of fused-ring (bicyclic) bond motifs is 1. The summed E-state index contributed by atoms with van der Waals surface area (Å²) in [6.45, 7) is 6.22. The zero-order valence-electron chi connectivity index (χ0n) is 19.0. The molecule has 3 fully saturated rings. The summed E-state index contributed by atoms with van der Waals surface area (Å²) in [6, 6.07) is 9.56. The number of hydrogen-bond donors (Lipinski definition) is 0. The Kier molecular flexibility index (Phi) is 7.54. The molecule has 1 aromatic carbocycles. The van der Waals surface area contributed by atoms with E-state index in [1.165, 1.54) is 50.5 Å². The van der Waals surface area contributed by atoms with Crippen LogP contribution in [0.15, 0.2) is 36.9 Å². The van der Waals surface area contributed by atoms with Crippen LogP contribution in [0.4, 0.5) is 0 Å². The number of hydrogen-bond acceptors (Lipinski definition) is 0. The maximum absolute atomic E-state index is 3.85. The minimum atomic E-state index is 0.820. The minimum Gasteiger partial charge on any atom is -0.103 e. The fourth-order valence-corrected chi connectivity index (χ4v) is 7.27. The Morgan fingerprint density at radius 3 is 2.10 bits per heavy atom. The van der Waals surface area contributed by atoms with Gasteiger partial charge in [0.1, 0.15) is 0 Å². The molecule has 0 amide bonds. The molecule has 29 heavy (non-hydrogen) atoms. The molecular formula is C29H44. The number of rotatable bonds is 7. The molecule has 0 bridgehead atoms. The van der Waals surface area contributed by atoms with E-state index in [-0.39, 0.29) is 0 Å². The maximum atomic E-state index is 3.85. The highest BCUT2D eigenvalue weighted by atomic mass is 14.4. The largest absolute Gasteiger partial charge is 0.103 e. The highest BCUT2D eigenvalue weighted by Crippen LogP contribution is 2.50. The van der Waals surface area contributed by atoms with Crippen molar-refractivity contribution in [1.29, 1.82) is 0 Å². The van der Waals surface area contributed by atoms with Gasteiger partial charge >= 0.3 is 0 Å². The van der Waals surface area contributed by atoms with E-state index in [2.05, 4.69) is 37.8 Å². The topological polar surface area (TPSA) is 0 Å². The SMILES string of the molecule is C=CCCc1ccc(C2CCC(C3CCC4CC(CCC)CCC4C3)CC2)cc1. The lowest BCUT2D eigenvalue weighted by molar-refractivity contribution is 0.0618. The molecule has 4 rings (SSSR count). The second kappa shape index (κ2) is 10.3. The van der Waals surface area contributed by atoms with Gasteiger partial charge in [0.15, 0.2) is 0 Å². The Balaban J connectivity index is 1.24. The highest BCUT2D eigenvalue weighted by Gasteiger charge is 2.38. The van der Waals surface area contributed by atoms with Crippen molar-refractivity contribution < 1.29 is 0 Å². The zero-order valence-corrected chi connectivity index (χ0v) is 19.0. The summed E-state index contributed by atoms with van der Waals surface area (Å²) in [6.07, 6.45) is 22.3. The molecule has 4 unspecified atom stereocenters. The molecular weight excluding hydrogens is 348 g/mol. The zero-order chi connectivity index (χ0) is 20.1. The number of allylic oxidation sites excluding steroid dienone is 1. The first-order valence-electron chi connectivity index (χ1n) is 13.0. The summed E-state index contributed by atoms with van der Waals surface area (Å²) >= 11 is 0. The van der Waals surface area contributed by atoms with Gasteiger partial charge in [-0.25, -0.2) is 0 Å². The molecule has 0 radical (unpaired) electrons. The van der Waals surface area contributed by atoms with Crippen LogP contribution < -0.4 is 0 Å². The number of aryl methyl sites for hydroxylation is 1. The van der Waals surface area contributed by atoms with Gasteiger partial charge in [-0.15, -0.1) is 6.58 Å². The molecule has 4 atom stereocenters. The van der Waals surface area contributed by atoms with Crippen LogP contribution in [-0.2, 0) is 6.42 Å². The maximum Gasteiger partial charge on any atom is -0.0162 e. The second-order valence-electron chi connectivity index (χ2n) is 10.7. The summed E-state index contributed by atoms with van der Waals surface area (Å²) in [5.41, 5.74) is 3.07. The van der Waals surface area contributed by atoms with E-state index in [1.54, 1.807) is 37.7 Å². The van der Waals surface area contributed by atoms with Crippen LogP contribution in [0.5, 0.6) is 0 Å². The highest BCUT2D eigenvalue weighted by molar-refractivity contribution is 5.26. The predicted molar refractivity (Wildman–Crippen MR) is 126 cm³/mol. The van der Waals surface area contributed by atoms with Gasteiger partial charge in [0.25, 0.3) is 0 Å². The third-order valence-electron chi connectivity index (χ3n) is 8.99. The van der Waals surface area contributed by atoms with Gasteiger partial charge in [-0.05, 0) is 117 Å². The van der Waals surface area contributed by atoms with E-state index in [4.69, 9.17) is 0 Å². The molecule has 0 heterocycles. The van der Waals surface area contributed by atoms with Gasteiger partial charge < -0.3 is 0 Å². The van der Waals surface area contributed by atoms with Crippen LogP contribution >= 0.6 is 0 Å². The van der Waals surface area contributed by atoms with Crippen molar-refractivity contribution in [1.82, 2.24) is 0 Å². The third-order valence-corrected chi connectivity index (χ3v) is 8.99. The summed E-state index contributed by atoms with van der Waals surface area (Å²) in [5.74, 6) is 6.15. The first-order valence-corrected chi connectivity index (χ1v) is 13.0. The van der Waals surface area contributed by atoms with Crippen LogP contribution in [0.2, 0.25) is 0 Å². The van der Waals surface area contributed by atoms with Crippen molar-refractivity contribution in [3.63, 3.8) is 0 Å². The van der Waals surface area contributed by atoms with Crippen LogP contribution in [0.25, 0.3) is 0 Å². The smallest absolute Gasteiger partial charge is 0.0162 e. The van der Waals surface area contributed by atoms with Crippen molar-refractivity contribution in [2.75, 3.05) is 0 Å². The molecule has 0 aromatic heterocycles. The van der Waals surface area contributed by atoms with Crippen molar-refractivity contribution >= 4 is 0 Å². The lowest BCUT2D eigenvalue weighted by Gasteiger charge is -2.45. The minimum absolute atomic E-state index is 0.820. The van der Waals surface area contributed by atoms with E-state index in [0.29, 0.717) is 0 Å². The molecule has 1 aromatic rings. The summed E-state index contributed by atoms with van der Waals surface area (Å²) in [4.78, 5) is 0. The average molecular weight is 393 g/mol. The van der Waals surface area contributed by atoms with Crippen molar-refractivity contribution in [3.8, 4) is 0 Å². The molecule has 0 saturated heterocycles. The monoisotopic (exact) mass is 392 g/mol. The van der Waals surface area contributed by atoms with Crippen LogP contribution in [0.3, 0.4) is 0 Å². The van der Waals surface area contributed by atoms with Gasteiger partial charge in [0.05, 0.1) is 0 Å². The number of benzene rings is 1. The second-order valence-corrected chi connectivity index (χ2v) is 10.7. The quantitative estimate of drug-likeness (QED) is 0.407. The van der Waals surface area contributed by atoms with Crippen molar-refractivity contribution in [2.45, 2.75) is 103 Å². The van der Waals surface area contributed by atoms with Crippen LogP contribution in [0.1, 0.15) is 107 Å². The molecule has 0 heteroatoms. The molecule has 160 valence electrons. The standard InChI is InChI=1S/C29H44/c1-3-5-7-22-8-11-24(12-9-22)25-14-16-26(17-15-25)28-19-18-27-20-23(6-4-2)10-13-29(27)21-28/h3,8-9,11-12,23,25-29H,1,4-7,10,13-21H2,2H3. The van der Waals surface area contributed by atoms with E-state index in [9.17, 15) is 0 Å². The molecule has 3 aliphatic carbocycles. The van der Waals surface area contributed by atoms with Gasteiger partial charge in [-0.1, -0.05) is 56.5 Å². The molecule has 0 aliphatic heterocycles. The van der Waals surface area contributed by atoms with Gasteiger partial charge in [0, 0.05) is 0 Å². The summed E-state index contributed by atoms with van der Waals surface area (Å²) in [5, 5.41) is 0. The fourth-order valence-electron chi connectivity index (χ4n) is 7.27. The van der Waals surface area contributed by atoms with Crippen molar-refractivity contribution in [3.05, 3.63) is 48.0 Å². The van der Waals surface area contributed by atoms with E-state index >= 15 is 0 Å². The Bertz CT molecular complexity index is 618. The summed E-state index contributed by atoms with van der Waals surface area (Å²) in [7, 11) is 0. The molecule has 0 N–H and O–H groups in total. The Morgan fingerprint density at radius 1 is 0.793 bits per heavy atom. The Morgan fingerprint density at radius 2 is 1.41 bits per heavy atom. The van der Waals surface area contributed by atoms with Crippen LogP contribution in [0, 0.1) is 29.6 Å². The van der Waals surface area contributed by atoms with E-state index < -0.39 is 0 Å². The third kappa shape index (κ3) is 5.36. The summed E-state index contributed by atoms with van der Waals surface area (Å²) < 4.78 is 0. The fraction of sp³-hybridized carbons (Fsp3) is 0.724. The first kappa shape index (κ1) is 21.2. The van der Waals surface area contributed by atoms with Crippen molar-refractivity contribution in [2.24, 2.45) is 29.6 Å². The molecule has 3 saturated carbocycles. The predicted octanol–water partition coefficient (Wildman–Crippen LogP) is 8.71. The average Bonchev–Trinajstić information content (AvgIpc) is 2.78. The normalized spacial score (nSPS) is 35.1. The lowest BCUT2D eigenvalue weighted by atomic mass is 9.60. The molecule has 0 spiro atoms. The van der Waals surface area contributed by atoms with Crippen LogP contribution in [-0.4, -0.2) is 0 Å². The molecule has 3 aliphatic rings. The van der Waals surface area contributed by atoms with E-state index in [1.807, 2.05) is 6.08 Å². The molecule has 0 nitrogen and oxygen atoms in total. The Hall–Kier alpha value is -1.04. The Labute approximate surface area is 180 Å². The van der Waals surface area contributed by atoms with Gasteiger partial charge in [-0.2, -0.15) is 0 Å². The first-order chi connectivity index (χ1) is 14.3.